The predicted molar refractivity (Wildman–Crippen MR) is 94.8 cm³/mol. The lowest BCUT2D eigenvalue weighted by molar-refractivity contribution is 0.0956. The van der Waals surface area contributed by atoms with E-state index in [4.69, 9.17) is 0 Å². The van der Waals surface area contributed by atoms with E-state index in [1.807, 2.05) is 19.1 Å². The molecule has 1 fully saturated rings. The highest BCUT2D eigenvalue weighted by atomic mass is 32.2. The molecule has 24 heavy (non-hydrogen) atoms. The first-order valence-corrected chi connectivity index (χ1v) is 9.80. The number of hydrogen-bond acceptors (Lipinski definition) is 4. The first kappa shape index (κ1) is 18.3. The zero-order valence-corrected chi connectivity index (χ0v) is 14.8. The lowest BCUT2D eigenvalue weighted by atomic mass is 10.1. The summed E-state index contributed by atoms with van der Waals surface area (Å²) in [6.07, 6.45) is 0.601. The van der Waals surface area contributed by atoms with E-state index in [0.717, 1.165) is 5.56 Å². The Labute approximate surface area is 142 Å². The molecule has 1 unspecified atom stereocenters. The van der Waals surface area contributed by atoms with Gasteiger partial charge in [0.25, 0.3) is 5.91 Å². The lowest BCUT2D eigenvalue weighted by Gasteiger charge is -2.16. The van der Waals surface area contributed by atoms with Crippen LogP contribution in [0.25, 0.3) is 0 Å². The molecule has 1 atom stereocenters. The predicted octanol–water partition coefficient (Wildman–Crippen LogP) is 0.288. The lowest BCUT2D eigenvalue weighted by Crippen LogP contribution is -2.43. The van der Waals surface area contributed by atoms with Gasteiger partial charge in [0, 0.05) is 31.7 Å². The third kappa shape index (κ3) is 5.23. The second-order valence-corrected chi connectivity index (χ2v) is 7.96. The van der Waals surface area contributed by atoms with Gasteiger partial charge in [-0.1, -0.05) is 12.1 Å². The van der Waals surface area contributed by atoms with Crippen LogP contribution >= 0.6 is 0 Å². The summed E-state index contributed by atoms with van der Waals surface area (Å²) in [7, 11) is -1.27. The number of nitrogens with zero attached hydrogens (tertiary/aromatic N) is 1. The minimum Gasteiger partial charge on any atom is -0.353 e. The van der Waals surface area contributed by atoms with Crippen molar-refractivity contribution in [1.29, 1.82) is 0 Å². The van der Waals surface area contributed by atoms with Crippen molar-refractivity contribution in [3.63, 3.8) is 0 Å². The third-order valence-electron chi connectivity index (χ3n) is 3.81. The van der Waals surface area contributed by atoms with Gasteiger partial charge in [-0.3, -0.25) is 9.79 Å². The number of carbonyl (C=O) groups excluding carboxylic acids is 1. The van der Waals surface area contributed by atoms with Gasteiger partial charge >= 0.3 is 0 Å². The number of amides is 1. The molecule has 2 rings (SSSR count). The number of guanidine groups is 1. The molecule has 0 radical (unpaired) electrons. The van der Waals surface area contributed by atoms with E-state index < -0.39 is 9.84 Å². The molecule has 0 bridgehead atoms. The highest BCUT2D eigenvalue weighted by Crippen LogP contribution is 2.11. The highest BCUT2D eigenvalue weighted by molar-refractivity contribution is 7.91. The largest absolute Gasteiger partial charge is 0.353 e. The van der Waals surface area contributed by atoms with Gasteiger partial charge in [0.05, 0.1) is 11.5 Å². The number of benzene rings is 1. The van der Waals surface area contributed by atoms with E-state index in [-0.39, 0.29) is 23.5 Å². The Morgan fingerprint density at radius 3 is 2.50 bits per heavy atom. The van der Waals surface area contributed by atoms with Crippen molar-refractivity contribution in [1.82, 2.24) is 16.0 Å². The van der Waals surface area contributed by atoms with Gasteiger partial charge in [0.1, 0.15) is 0 Å². The first-order valence-electron chi connectivity index (χ1n) is 7.98. The molecule has 0 saturated carbocycles. The summed E-state index contributed by atoms with van der Waals surface area (Å²) in [5.41, 5.74) is 1.63. The second-order valence-electron chi connectivity index (χ2n) is 5.73. The maximum absolute atomic E-state index is 11.7. The molecule has 1 aromatic carbocycles. The van der Waals surface area contributed by atoms with Crippen LogP contribution in [0.3, 0.4) is 0 Å². The van der Waals surface area contributed by atoms with Crippen LogP contribution in [-0.2, 0) is 16.4 Å². The standard InChI is InChI=1S/C16H24N4O3S/c1-3-18-15(21)13-6-4-12(5-7-13)10-19-16(17-2)20-14-8-9-24(22,23)11-14/h4-7,14H,3,8-11H2,1-2H3,(H,18,21)(H2,17,19,20). The van der Waals surface area contributed by atoms with Crippen molar-refractivity contribution in [2.24, 2.45) is 4.99 Å². The molecule has 0 spiro atoms. The van der Waals surface area contributed by atoms with Gasteiger partial charge < -0.3 is 16.0 Å². The van der Waals surface area contributed by atoms with Crippen molar-refractivity contribution in [2.75, 3.05) is 25.1 Å². The monoisotopic (exact) mass is 352 g/mol. The average molecular weight is 352 g/mol. The summed E-state index contributed by atoms with van der Waals surface area (Å²) in [4.78, 5) is 15.8. The van der Waals surface area contributed by atoms with E-state index in [1.165, 1.54) is 0 Å². The SMILES string of the molecule is CCNC(=O)c1ccc(CNC(=NC)NC2CCS(=O)(=O)C2)cc1. The van der Waals surface area contributed by atoms with E-state index in [1.54, 1.807) is 19.2 Å². The Balaban J connectivity index is 1.86. The van der Waals surface area contributed by atoms with Gasteiger partial charge in [-0.25, -0.2) is 8.42 Å². The summed E-state index contributed by atoms with van der Waals surface area (Å²) in [6, 6.07) is 7.22. The van der Waals surface area contributed by atoms with Crippen molar-refractivity contribution in [3.05, 3.63) is 35.4 Å². The number of sulfone groups is 1. The zero-order valence-electron chi connectivity index (χ0n) is 14.0. The van der Waals surface area contributed by atoms with Crippen LogP contribution < -0.4 is 16.0 Å². The van der Waals surface area contributed by atoms with Crippen LogP contribution in [0.2, 0.25) is 0 Å². The molecule has 1 amide bonds. The topological polar surface area (TPSA) is 99.7 Å². The smallest absolute Gasteiger partial charge is 0.251 e. The van der Waals surface area contributed by atoms with Crippen LogP contribution in [0.5, 0.6) is 0 Å². The van der Waals surface area contributed by atoms with Crippen LogP contribution in [0, 0.1) is 0 Å². The molecule has 0 aromatic heterocycles. The van der Waals surface area contributed by atoms with Gasteiger partial charge in [0.2, 0.25) is 0 Å². The van der Waals surface area contributed by atoms with Crippen LogP contribution in [0.4, 0.5) is 0 Å². The fourth-order valence-electron chi connectivity index (χ4n) is 2.52. The maximum atomic E-state index is 11.7. The quantitative estimate of drug-likeness (QED) is 0.522. The number of carbonyl (C=O) groups is 1. The van der Waals surface area contributed by atoms with Gasteiger partial charge in [0.15, 0.2) is 15.8 Å². The summed E-state index contributed by atoms with van der Waals surface area (Å²) < 4.78 is 23.0. The number of hydrogen-bond donors (Lipinski definition) is 3. The van der Waals surface area contributed by atoms with Gasteiger partial charge in [-0.15, -0.1) is 0 Å². The highest BCUT2D eigenvalue weighted by Gasteiger charge is 2.28. The number of nitrogens with one attached hydrogen (secondary N) is 3. The van der Waals surface area contributed by atoms with E-state index in [2.05, 4.69) is 20.9 Å². The van der Waals surface area contributed by atoms with Crippen molar-refractivity contribution in [2.45, 2.75) is 25.9 Å². The number of rotatable bonds is 5. The third-order valence-corrected chi connectivity index (χ3v) is 5.58. The fourth-order valence-corrected chi connectivity index (χ4v) is 4.19. The Morgan fingerprint density at radius 2 is 1.96 bits per heavy atom. The van der Waals surface area contributed by atoms with E-state index in [0.29, 0.717) is 31.0 Å². The molecule has 7 nitrogen and oxygen atoms in total. The Morgan fingerprint density at radius 1 is 1.25 bits per heavy atom. The summed E-state index contributed by atoms with van der Waals surface area (Å²) in [5.74, 6) is 0.861. The van der Waals surface area contributed by atoms with E-state index in [9.17, 15) is 13.2 Å². The normalized spacial score (nSPS) is 19.8. The Kier molecular flexibility index (Phi) is 6.19. The molecule has 3 N–H and O–H groups in total. The number of aliphatic imine (C=N–C) groups is 1. The van der Waals surface area contributed by atoms with Gasteiger partial charge in [-0.05, 0) is 31.0 Å². The summed E-state index contributed by atoms with van der Waals surface area (Å²) >= 11 is 0. The second kappa shape index (κ2) is 8.14. The van der Waals surface area contributed by atoms with E-state index >= 15 is 0 Å². The fraction of sp³-hybridized carbons (Fsp3) is 0.500. The van der Waals surface area contributed by atoms with Crippen molar-refractivity contribution in [3.8, 4) is 0 Å². The minimum absolute atomic E-state index is 0.0862. The molecule has 1 aromatic rings. The molecule has 8 heteroatoms. The molecule has 1 saturated heterocycles. The average Bonchev–Trinajstić information content (AvgIpc) is 2.91. The van der Waals surface area contributed by atoms with Crippen molar-refractivity contribution < 1.29 is 13.2 Å². The molecule has 0 aliphatic carbocycles. The molecule has 1 heterocycles. The summed E-state index contributed by atoms with van der Waals surface area (Å²) in [5, 5.41) is 9.05. The maximum Gasteiger partial charge on any atom is 0.251 e. The van der Waals surface area contributed by atoms with Gasteiger partial charge in [-0.2, -0.15) is 0 Å². The molecule has 1 aliphatic rings. The first-order chi connectivity index (χ1) is 11.4. The molecule has 132 valence electrons. The molecule has 1 aliphatic heterocycles. The zero-order chi connectivity index (χ0) is 17.6. The summed E-state index contributed by atoms with van der Waals surface area (Å²) in [6.45, 7) is 3.01. The molecular formula is C16H24N4O3S. The Hall–Kier alpha value is -2.09. The molecular weight excluding hydrogens is 328 g/mol. The van der Waals surface area contributed by atoms with Crippen LogP contribution in [0.1, 0.15) is 29.3 Å². The van der Waals surface area contributed by atoms with Crippen LogP contribution in [-0.4, -0.2) is 51.4 Å². The van der Waals surface area contributed by atoms with Crippen LogP contribution in [0.15, 0.2) is 29.3 Å². The Bertz CT molecular complexity index is 699. The van der Waals surface area contributed by atoms with Crippen molar-refractivity contribution >= 4 is 21.7 Å². The minimum atomic E-state index is -2.92.